The molecule has 1 aliphatic heterocycles. The van der Waals surface area contributed by atoms with Crippen LogP contribution in [0.4, 0.5) is 0 Å². The van der Waals surface area contributed by atoms with Crippen LogP contribution in [0.5, 0.6) is 0 Å². The summed E-state index contributed by atoms with van der Waals surface area (Å²) in [7, 11) is 0. The molecule has 2 rings (SSSR count). The zero-order chi connectivity index (χ0) is 13.1. The van der Waals surface area contributed by atoms with E-state index in [1.54, 1.807) is 6.07 Å². The number of amides is 2. The Kier molecular flexibility index (Phi) is 4.09. The Morgan fingerprint density at radius 1 is 1.28 bits per heavy atom. The normalized spacial score (nSPS) is 19.2. The Bertz CT molecular complexity index is 471. The fraction of sp³-hybridized carbons (Fsp3) is 0.333. The molecule has 0 aliphatic carbocycles. The zero-order valence-corrected chi connectivity index (χ0v) is 11.0. The lowest BCUT2D eigenvalue weighted by Gasteiger charge is -2.22. The third-order valence-corrected chi connectivity index (χ3v) is 3.15. The van der Waals surface area contributed by atoms with Crippen molar-refractivity contribution < 1.29 is 9.59 Å². The van der Waals surface area contributed by atoms with Gasteiger partial charge in [0, 0.05) is 22.2 Å². The van der Waals surface area contributed by atoms with Gasteiger partial charge >= 0.3 is 0 Å². The number of carbonyl (C=O) groups excluding carboxylic acids is 2. The highest BCUT2D eigenvalue weighted by Crippen LogP contribution is 2.19. The monoisotopic (exact) mass is 286 g/mol. The van der Waals surface area contributed by atoms with Crippen LogP contribution in [0.15, 0.2) is 18.2 Å². The number of halogens is 2. The van der Waals surface area contributed by atoms with Gasteiger partial charge in [-0.1, -0.05) is 23.2 Å². The standard InChI is InChI=1S/C12H12Cl2N2O2/c13-8-4-7(5-9(14)6-8)11(17)16-10-2-1-3-15-12(10)18/h4-6,10H,1-3H2,(H,15,18)(H,16,17)/t10-/m0/s1. The molecule has 0 radical (unpaired) electrons. The molecule has 0 aromatic heterocycles. The third-order valence-electron chi connectivity index (χ3n) is 2.72. The van der Waals surface area contributed by atoms with E-state index >= 15 is 0 Å². The van der Waals surface area contributed by atoms with Crippen LogP contribution in [-0.2, 0) is 4.79 Å². The van der Waals surface area contributed by atoms with Crippen molar-refractivity contribution in [3.05, 3.63) is 33.8 Å². The maximum absolute atomic E-state index is 12.0. The minimum atomic E-state index is -0.482. The van der Waals surface area contributed by atoms with E-state index in [4.69, 9.17) is 23.2 Å². The molecule has 0 unspecified atom stereocenters. The molecule has 1 atom stereocenters. The van der Waals surface area contributed by atoms with E-state index in [1.807, 2.05) is 0 Å². The van der Waals surface area contributed by atoms with Crippen LogP contribution in [0.25, 0.3) is 0 Å². The summed E-state index contributed by atoms with van der Waals surface area (Å²) >= 11 is 11.6. The van der Waals surface area contributed by atoms with Gasteiger partial charge in [-0.3, -0.25) is 9.59 Å². The molecular weight excluding hydrogens is 275 g/mol. The van der Waals surface area contributed by atoms with Crippen molar-refractivity contribution >= 4 is 35.0 Å². The molecule has 0 saturated carbocycles. The van der Waals surface area contributed by atoms with Crippen molar-refractivity contribution in [1.29, 1.82) is 0 Å². The van der Waals surface area contributed by atoms with Crippen molar-refractivity contribution in [2.45, 2.75) is 18.9 Å². The first kappa shape index (κ1) is 13.2. The molecule has 96 valence electrons. The van der Waals surface area contributed by atoms with Gasteiger partial charge in [-0.2, -0.15) is 0 Å². The molecular formula is C12H12Cl2N2O2. The van der Waals surface area contributed by atoms with E-state index in [-0.39, 0.29) is 11.8 Å². The van der Waals surface area contributed by atoms with Gasteiger partial charge in [0.25, 0.3) is 5.91 Å². The molecule has 0 spiro atoms. The van der Waals surface area contributed by atoms with E-state index in [2.05, 4.69) is 10.6 Å². The minimum Gasteiger partial charge on any atom is -0.354 e. The Labute approximate surface area is 115 Å². The van der Waals surface area contributed by atoms with E-state index in [1.165, 1.54) is 12.1 Å². The Morgan fingerprint density at radius 3 is 2.56 bits per heavy atom. The van der Waals surface area contributed by atoms with Crippen LogP contribution >= 0.6 is 23.2 Å². The Morgan fingerprint density at radius 2 is 1.94 bits per heavy atom. The maximum Gasteiger partial charge on any atom is 0.252 e. The number of nitrogens with one attached hydrogen (secondary N) is 2. The van der Waals surface area contributed by atoms with Gasteiger partial charge < -0.3 is 10.6 Å². The second-order valence-electron chi connectivity index (χ2n) is 4.12. The largest absolute Gasteiger partial charge is 0.354 e. The topological polar surface area (TPSA) is 58.2 Å². The second-order valence-corrected chi connectivity index (χ2v) is 4.99. The third kappa shape index (κ3) is 3.15. The molecule has 1 aromatic rings. The first-order valence-corrected chi connectivity index (χ1v) is 6.36. The van der Waals surface area contributed by atoms with Gasteiger partial charge in [0.2, 0.25) is 5.91 Å². The molecule has 2 N–H and O–H groups in total. The molecule has 18 heavy (non-hydrogen) atoms. The number of carbonyl (C=O) groups is 2. The maximum atomic E-state index is 12.0. The molecule has 1 saturated heterocycles. The number of hydrogen-bond donors (Lipinski definition) is 2. The summed E-state index contributed by atoms with van der Waals surface area (Å²) in [6.07, 6.45) is 1.50. The highest BCUT2D eigenvalue weighted by molar-refractivity contribution is 6.35. The fourth-order valence-electron chi connectivity index (χ4n) is 1.84. The Hall–Kier alpha value is -1.26. The average molecular weight is 287 g/mol. The summed E-state index contributed by atoms with van der Waals surface area (Å²) in [4.78, 5) is 23.5. The quantitative estimate of drug-likeness (QED) is 0.874. The number of piperidine rings is 1. The SMILES string of the molecule is O=C(N[C@H]1CCCNC1=O)c1cc(Cl)cc(Cl)c1. The lowest BCUT2D eigenvalue weighted by Crippen LogP contribution is -2.50. The predicted molar refractivity (Wildman–Crippen MR) is 70.0 cm³/mol. The van der Waals surface area contributed by atoms with Crippen LogP contribution in [0.2, 0.25) is 10.0 Å². The predicted octanol–water partition coefficient (Wildman–Crippen LogP) is 2.00. The van der Waals surface area contributed by atoms with Crippen LogP contribution in [-0.4, -0.2) is 24.4 Å². The van der Waals surface area contributed by atoms with Gasteiger partial charge in [-0.15, -0.1) is 0 Å². The Balaban J connectivity index is 2.09. The van der Waals surface area contributed by atoms with Crippen LogP contribution < -0.4 is 10.6 Å². The van der Waals surface area contributed by atoms with Crippen molar-refractivity contribution in [2.75, 3.05) is 6.54 Å². The smallest absolute Gasteiger partial charge is 0.252 e. The summed E-state index contributed by atoms with van der Waals surface area (Å²) in [5, 5.41) is 6.16. The first-order chi connectivity index (χ1) is 8.56. The van der Waals surface area contributed by atoms with Gasteiger partial charge in [0.05, 0.1) is 0 Å². The van der Waals surface area contributed by atoms with E-state index in [0.29, 0.717) is 28.6 Å². The van der Waals surface area contributed by atoms with Crippen LogP contribution in [0, 0.1) is 0 Å². The number of hydrogen-bond acceptors (Lipinski definition) is 2. The fourth-order valence-corrected chi connectivity index (χ4v) is 2.36. The van der Waals surface area contributed by atoms with Crippen molar-refractivity contribution in [1.82, 2.24) is 10.6 Å². The zero-order valence-electron chi connectivity index (χ0n) is 9.50. The van der Waals surface area contributed by atoms with Crippen molar-refractivity contribution in [3.8, 4) is 0 Å². The van der Waals surface area contributed by atoms with Crippen molar-refractivity contribution in [3.63, 3.8) is 0 Å². The van der Waals surface area contributed by atoms with Gasteiger partial charge in [-0.25, -0.2) is 0 Å². The van der Waals surface area contributed by atoms with Crippen LogP contribution in [0.3, 0.4) is 0 Å². The minimum absolute atomic E-state index is 0.150. The van der Waals surface area contributed by atoms with E-state index < -0.39 is 6.04 Å². The molecule has 1 fully saturated rings. The summed E-state index contributed by atoms with van der Waals surface area (Å²) in [5.74, 6) is -0.496. The van der Waals surface area contributed by atoms with Gasteiger partial charge in [0.1, 0.15) is 6.04 Å². The van der Waals surface area contributed by atoms with Crippen LogP contribution in [0.1, 0.15) is 23.2 Å². The summed E-state index contributed by atoms with van der Waals surface area (Å²) in [6.45, 7) is 0.661. The molecule has 0 bridgehead atoms. The van der Waals surface area contributed by atoms with Gasteiger partial charge in [0.15, 0.2) is 0 Å². The molecule has 1 heterocycles. The molecule has 6 heteroatoms. The number of rotatable bonds is 2. The highest BCUT2D eigenvalue weighted by Gasteiger charge is 2.24. The molecule has 1 aromatic carbocycles. The number of benzene rings is 1. The average Bonchev–Trinajstić information content (AvgIpc) is 2.31. The lowest BCUT2D eigenvalue weighted by atomic mass is 10.1. The molecule has 4 nitrogen and oxygen atoms in total. The van der Waals surface area contributed by atoms with Crippen molar-refractivity contribution in [2.24, 2.45) is 0 Å². The first-order valence-electron chi connectivity index (χ1n) is 5.61. The summed E-state index contributed by atoms with van der Waals surface area (Å²) < 4.78 is 0. The molecule has 1 aliphatic rings. The van der Waals surface area contributed by atoms with E-state index in [0.717, 1.165) is 6.42 Å². The van der Waals surface area contributed by atoms with Gasteiger partial charge in [-0.05, 0) is 31.0 Å². The summed E-state index contributed by atoms with van der Waals surface area (Å²) in [5.41, 5.74) is 0.353. The van der Waals surface area contributed by atoms with E-state index in [9.17, 15) is 9.59 Å². The highest BCUT2D eigenvalue weighted by atomic mass is 35.5. The summed E-state index contributed by atoms with van der Waals surface area (Å²) in [6, 6.07) is 4.10. The molecule has 2 amide bonds. The lowest BCUT2D eigenvalue weighted by molar-refractivity contribution is -0.124. The second kappa shape index (κ2) is 5.59.